The molecule has 222 valence electrons. The zero-order valence-electron chi connectivity index (χ0n) is 25.2. The van der Waals surface area contributed by atoms with Gasteiger partial charge in [0, 0.05) is 57.2 Å². The lowest BCUT2D eigenvalue weighted by atomic mass is 9.82. The van der Waals surface area contributed by atoms with Crippen molar-refractivity contribution < 1.29 is 23.8 Å². The van der Waals surface area contributed by atoms with Gasteiger partial charge in [-0.25, -0.2) is 14.6 Å². The number of pyridine rings is 1. The molecular weight excluding hydrogens is 522 g/mol. The van der Waals surface area contributed by atoms with Gasteiger partial charge in [0.05, 0.1) is 12.3 Å². The van der Waals surface area contributed by atoms with Crippen LogP contribution in [0.2, 0.25) is 0 Å². The molecule has 4 aliphatic rings. The summed E-state index contributed by atoms with van der Waals surface area (Å²) >= 11 is 0. The summed E-state index contributed by atoms with van der Waals surface area (Å²) in [7, 11) is 2.07. The van der Waals surface area contributed by atoms with Crippen LogP contribution in [0.5, 0.6) is 5.75 Å². The summed E-state index contributed by atoms with van der Waals surface area (Å²) in [5.41, 5.74) is 1.10. The maximum absolute atomic E-state index is 13.0. The van der Waals surface area contributed by atoms with Crippen molar-refractivity contribution >= 4 is 12.2 Å². The average Bonchev–Trinajstić information content (AvgIpc) is 3.66. The van der Waals surface area contributed by atoms with Crippen LogP contribution in [0.4, 0.5) is 9.59 Å². The Morgan fingerprint density at radius 2 is 1.80 bits per heavy atom. The number of ether oxygens (including phenoxy) is 3. The number of nitrogens with zero attached hydrogens (tertiary/aromatic N) is 5. The summed E-state index contributed by atoms with van der Waals surface area (Å²) in [5, 5.41) is 0. The van der Waals surface area contributed by atoms with Crippen LogP contribution in [0.25, 0.3) is 11.4 Å². The van der Waals surface area contributed by atoms with E-state index in [0.717, 1.165) is 54.3 Å². The molecule has 41 heavy (non-hydrogen) atoms. The topological polar surface area (TPSA) is 99.0 Å². The highest BCUT2D eigenvalue weighted by Gasteiger charge is 2.49. The van der Waals surface area contributed by atoms with Crippen LogP contribution in [0, 0.1) is 5.92 Å². The van der Waals surface area contributed by atoms with E-state index >= 15 is 0 Å². The number of carbonyl (C=O) groups excluding carboxylic acids is 2. The number of amides is 2. The zero-order chi connectivity index (χ0) is 29.2. The molecule has 6 rings (SSSR count). The van der Waals surface area contributed by atoms with Gasteiger partial charge in [0.15, 0.2) is 5.60 Å². The van der Waals surface area contributed by atoms with Crippen molar-refractivity contribution in [3.05, 3.63) is 29.8 Å². The molecule has 0 radical (unpaired) electrons. The molecule has 2 aromatic heterocycles. The molecule has 0 aromatic carbocycles. The molecule has 2 aromatic rings. The number of aromatic nitrogens is 3. The first-order chi connectivity index (χ1) is 19.4. The highest BCUT2D eigenvalue weighted by atomic mass is 16.6. The van der Waals surface area contributed by atoms with Crippen LogP contribution in [0.1, 0.15) is 90.6 Å². The van der Waals surface area contributed by atoms with Gasteiger partial charge in [0.2, 0.25) is 0 Å². The molecule has 5 heterocycles. The Bertz CT molecular complexity index is 1330. The molecule has 2 amide bonds. The predicted molar refractivity (Wildman–Crippen MR) is 153 cm³/mol. The van der Waals surface area contributed by atoms with E-state index in [1.807, 2.05) is 42.7 Å². The first kappa shape index (κ1) is 27.8. The van der Waals surface area contributed by atoms with Gasteiger partial charge in [-0.3, -0.25) is 4.98 Å². The third-order valence-corrected chi connectivity index (χ3v) is 8.99. The highest BCUT2D eigenvalue weighted by molar-refractivity contribution is 5.71. The number of fused-ring (bicyclic) bond motifs is 4. The molecule has 2 saturated heterocycles. The molecule has 1 saturated carbocycles. The largest absolute Gasteiger partial charge is 0.478 e. The van der Waals surface area contributed by atoms with E-state index in [0.29, 0.717) is 45.0 Å². The first-order valence-electron chi connectivity index (χ1n) is 15.0. The predicted octanol–water partition coefficient (Wildman–Crippen LogP) is 5.61. The number of piperidine rings is 2. The van der Waals surface area contributed by atoms with E-state index in [1.165, 1.54) is 0 Å². The van der Waals surface area contributed by atoms with Crippen LogP contribution >= 0.6 is 0 Å². The van der Waals surface area contributed by atoms with Gasteiger partial charge in [0.25, 0.3) is 0 Å². The second-order valence-corrected chi connectivity index (χ2v) is 13.8. The van der Waals surface area contributed by atoms with Gasteiger partial charge in [-0.05, 0) is 78.4 Å². The summed E-state index contributed by atoms with van der Waals surface area (Å²) in [6.07, 6.45) is 6.43. The smallest absolute Gasteiger partial charge is 0.410 e. The molecule has 0 N–H and O–H groups in total. The number of rotatable bonds is 3. The fourth-order valence-corrected chi connectivity index (χ4v) is 6.71. The number of hydrogen-bond donors (Lipinski definition) is 0. The SMILES string of the molecule is Cn1c(C2CCN(C(=O)OC(C)(C)C)C(C)(C)C2)nc2c1C1(CCN(C(=O)OCC3CC3)CC1)Oc1cccnc1-2. The molecular formula is C31H43N5O5. The van der Waals surface area contributed by atoms with Crippen LogP contribution in [0.3, 0.4) is 0 Å². The molecule has 1 spiro atoms. The maximum atomic E-state index is 13.0. The standard InChI is InChI=1S/C31H43N5O5/c1-29(2,3)41-28(38)36-15-11-21(18-30(36,4)5)26-33-24-23-22(8-7-14-32-23)40-31(25(24)34(26)6)12-16-35(17-13-31)27(37)39-19-20-9-10-20/h7-8,14,20-21H,9-13,15-19H2,1-6H3. The lowest BCUT2D eigenvalue weighted by Crippen LogP contribution is -2.54. The lowest BCUT2D eigenvalue weighted by Gasteiger charge is -2.45. The number of carbonyl (C=O) groups is 2. The van der Waals surface area contributed by atoms with Gasteiger partial charge in [-0.1, -0.05) is 0 Å². The molecule has 3 aliphatic heterocycles. The molecule has 10 nitrogen and oxygen atoms in total. The molecule has 0 bridgehead atoms. The van der Waals surface area contributed by atoms with Crippen molar-refractivity contribution in [3.63, 3.8) is 0 Å². The fourth-order valence-electron chi connectivity index (χ4n) is 6.71. The van der Waals surface area contributed by atoms with E-state index in [2.05, 4.69) is 30.4 Å². The Kier molecular flexibility index (Phi) is 6.73. The Labute approximate surface area is 242 Å². The summed E-state index contributed by atoms with van der Waals surface area (Å²) in [4.78, 5) is 39.3. The Morgan fingerprint density at radius 3 is 2.46 bits per heavy atom. The van der Waals surface area contributed by atoms with E-state index in [-0.39, 0.29) is 18.1 Å². The van der Waals surface area contributed by atoms with Crippen LogP contribution in [-0.4, -0.2) is 73.9 Å². The van der Waals surface area contributed by atoms with E-state index in [4.69, 9.17) is 19.2 Å². The second kappa shape index (κ2) is 9.91. The monoisotopic (exact) mass is 565 g/mol. The van der Waals surface area contributed by atoms with Gasteiger partial charge < -0.3 is 28.6 Å². The van der Waals surface area contributed by atoms with Crippen molar-refractivity contribution in [2.24, 2.45) is 13.0 Å². The fraction of sp³-hybridized carbons (Fsp3) is 0.677. The van der Waals surface area contributed by atoms with Crippen LogP contribution in [-0.2, 0) is 22.1 Å². The highest BCUT2D eigenvalue weighted by Crippen LogP contribution is 2.50. The molecule has 1 unspecified atom stereocenters. The zero-order valence-corrected chi connectivity index (χ0v) is 25.2. The summed E-state index contributed by atoms with van der Waals surface area (Å²) < 4.78 is 20.3. The minimum atomic E-state index is -0.606. The molecule has 3 fully saturated rings. The van der Waals surface area contributed by atoms with Gasteiger partial charge in [-0.15, -0.1) is 0 Å². The summed E-state index contributed by atoms with van der Waals surface area (Å²) in [5.74, 6) is 2.41. The second-order valence-electron chi connectivity index (χ2n) is 13.8. The van der Waals surface area contributed by atoms with Crippen molar-refractivity contribution in [1.82, 2.24) is 24.3 Å². The van der Waals surface area contributed by atoms with Gasteiger partial charge in [0.1, 0.15) is 28.6 Å². The first-order valence-corrected chi connectivity index (χ1v) is 15.0. The lowest BCUT2D eigenvalue weighted by molar-refractivity contribution is -0.0122. The van der Waals surface area contributed by atoms with Gasteiger partial charge >= 0.3 is 12.2 Å². The van der Waals surface area contributed by atoms with E-state index in [9.17, 15) is 9.59 Å². The summed E-state index contributed by atoms with van der Waals surface area (Å²) in [6, 6.07) is 3.85. The summed E-state index contributed by atoms with van der Waals surface area (Å²) in [6.45, 7) is 12.1. The van der Waals surface area contributed by atoms with Gasteiger partial charge in [-0.2, -0.15) is 0 Å². The minimum absolute atomic E-state index is 0.154. The number of imidazole rings is 1. The van der Waals surface area contributed by atoms with Crippen LogP contribution in [0.15, 0.2) is 18.3 Å². The third kappa shape index (κ3) is 5.26. The van der Waals surface area contributed by atoms with Crippen molar-refractivity contribution in [1.29, 1.82) is 0 Å². The Balaban J connectivity index is 1.27. The average molecular weight is 566 g/mol. The minimum Gasteiger partial charge on any atom is -0.478 e. The third-order valence-electron chi connectivity index (χ3n) is 8.99. The Hall–Kier alpha value is -3.30. The van der Waals surface area contributed by atoms with Crippen molar-refractivity contribution in [2.75, 3.05) is 26.2 Å². The molecule has 10 heteroatoms. The van der Waals surface area contributed by atoms with E-state index in [1.54, 1.807) is 6.20 Å². The number of likely N-dealkylation sites (tertiary alicyclic amines) is 2. The normalized spacial score (nSPS) is 22.9. The quantitative estimate of drug-likeness (QED) is 0.477. The molecule has 1 aliphatic carbocycles. The molecule has 1 atom stereocenters. The maximum Gasteiger partial charge on any atom is 0.410 e. The van der Waals surface area contributed by atoms with Crippen molar-refractivity contribution in [3.8, 4) is 17.1 Å². The van der Waals surface area contributed by atoms with Crippen LogP contribution < -0.4 is 4.74 Å². The Morgan fingerprint density at radius 1 is 1.07 bits per heavy atom. The van der Waals surface area contributed by atoms with Crippen molar-refractivity contribution in [2.45, 2.75) is 95.8 Å². The number of hydrogen-bond acceptors (Lipinski definition) is 7. The van der Waals surface area contributed by atoms with E-state index < -0.39 is 16.7 Å².